The molecule has 0 aromatic rings. The number of ether oxygens (including phenoxy) is 8. The average Bonchev–Trinajstić information content (AvgIpc) is 0.860. The Morgan fingerprint density at radius 1 is 0.250 bits per heavy atom. The highest BCUT2D eigenvalue weighted by Gasteiger charge is 2.33. The largest absolute Gasteiger partial charge is 0.481 e. The number of likely N-dealkylation sites (tertiary alicyclic amines) is 2. The molecule has 0 spiro atoms. The van der Waals surface area contributed by atoms with E-state index in [4.69, 9.17) is 48.1 Å². The van der Waals surface area contributed by atoms with Crippen LogP contribution in [0.4, 0.5) is 0 Å². The fourth-order valence-corrected chi connectivity index (χ4v) is 16.1. The Labute approximate surface area is 829 Å². The number of carboxylic acid groups (broad SMARTS) is 5. The molecule has 2 heterocycles. The molecule has 0 aliphatic carbocycles. The van der Waals surface area contributed by atoms with Gasteiger partial charge in [-0.15, -0.1) is 0 Å². The molecule has 140 heavy (non-hydrogen) atoms. The number of amides is 11. The summed E-state index contributed by atoms with van der Waals surface area (Å²) < 4.78 is 43.5. The zero-order valence-corrected chi connectivity index (χ0v) is 84.1. The summed E-state index contributed by atoms with van der Waals surface area (Å²) in [5.41, 5.74) is 0. The molecule has 0 aromatic heterocycles. The fourth-order valence-electron chi connectivity index (χ4n) is 16.1. The molecule has 0 aromatic carbocycles. The molecule has 0 bridgehead atoms. The molecule has 806 valence electrons. The first kappa shape index (κ1) is 127. The number of carbonyl (C=O) groups is 16. The number of carboxylic acids is 5. The zero-order valence-electron chi connectivity index (χ0n) is 84.1. The fraction of sp³-hybridized carbons (Fsp3) is 0.838. The molecule has 0 unspecified atom stereocenters. The van der Waals surface area contributed by atoms with Crippen LogP contribution in [0.15, 0.2) is 0 Å². The van der Waals surface area contributed by atoms with Crippen molar-refractivity contribution in [1.82, 2.24) is 63.0 Å². The minimum Gasteiger partial charge on any atom is -0.481 e. The van der Waals surface area contributed by atoms with Gasteiger partial charge in [0, 0.05) is 116 Å². The summed E-state index contributed by atoms with van der Waals surface area (Å²) in [5, 5.41) is 73.2. The number of nitrogens with one attached hydrogen (secondary N) is 10. The van der Waals surface area contributed by atoms with E-state index in [9.17, 15) is 92.0 Å². The van der Waals surface area contributed by atoms with Crippen LogP contribution in [0.3, 0.4) is 0 Å². The summed E-state index contributed by atoms with van der Waals surface area (Å²) in [4.78, 5) is 201. The van der Waals surface area contributed by atoms with Crippen LogP contribution < -0.4 is 53.2 Å². The molecular formula is C99H176N12O29. The highest BCUT2D eigenvalue weighted by Crippen LogP contribution is 2.24. The normalized spacial score (nSPS) is 13.7. The van der Waals surface area contributed by atoms with Gasteiger partial charge in [-0.1, -0.05) is 180 Å². The molecule has 2 aliphatic rings. The van der Waals surface area contributed by atoms with Crippen molar-refractivity contribution < 1.29 is 140 Å². The van der Waals surface area contributed by atoms with Crippen molar-refractivity contribution in [2.75, 3.05) is 178 Å². The van der Waals surface area contributed by atoms with Gasteiger partial charge in [0.15, 0.2) is 0 Å². The lowest BCUT2D eigenvalue weighted by Crippen LogP contribution is -2.48. The SMILES string of the molecule is CN[C@@H](CCCCNC(=O)[C@H](CCCCNC(=O)COCCOCCNC(=O)COCCOCCNC(=O)CC[C@H](NC(=O)C1CCN(C(=O)CCCCCCCCCCCCCCCCCCC(=O)O)CC1)C(=O)O)NC(=O)COCCOCCNC(=O)COCCOCCNC(=O)CC[C@H](NC(=O)C1CCN(C(=O)CCCCCCCCCCCCCCCCCCC(=O)O)CC1)C(=O)O)C(=O)O. The second kappa shape index (κ2) is 87.9. The number of rotatable bonds is 96. The average molecular weight is 2000 g/mol. The van der Waals surface area contributed by atoms with E-state index in [0.29, 0.717) is 96.8 Å². The molecule has 2 saturated heterocycles. The minimum atomic E-state index is -1.26. The molecule has 0 saturated carbocycles. The van der Waals surface area contributed by atoms with Crippen LogP contribution in [0.5, 0.6) is 0 Å². The van der Waals surface area contributed by atoms with E-state index in [0.717, 1.165) is 83.5 Å². The van der Waals surface area contributed by atoms with Crippen molar-refractivity contribution >= 4 is 94.8 Å². The van der Waals surface area contributed by atoms with E-state index >= 15 is 0 Å². The van der Waals surface area contributed by atoms with Gasteiger partial charge >= 0.3 is 29.8 Å². The Bertz CT molecular complexity index is 3390. The lowest BCUT2D eigenvalue weighted by Gasteiger charge is -2.32. The van der Waals surface area contributed by atoms with E-state index < -0.39 is 107 Å². The number of hydrogen-bond acceptors (Lipinski definition) is 25. The molecule has 41 heteroatoms. The monoisotopic (exact) mass is 2000 g/mol. The molecular weight excluding hydrogens is 1820 g/mol. The smallest absolute Gasteiger partial charge is 0.326 e. The predicted octanol–water partition coefficient (Wildman–Crippen LogP) is 7.70. The maximum atomic E-state index is 13.3. The molecule has 2 rings (SSSR count). The quantitative estimate of drug-likeness (QED) is 0.0259. The van der Waals surface area contributed by atoms with Crippen LogP contribution >= 0.6 is 0 Å². The number of carbonyl (C=O) groups excluding carboxylic acids is 11. The maximum Gasteiger partial charge on any atom is 0.326 e. The minimum absolute atomic E-state index is 0.0187. The van der Waals surface area contributed by atoms with Crippen molar-refractivity contribution in [1.29, 1.82) is 0 Å². The van der Waals surface area contributed by atoms with Gasteiger partial charge in [-0.3, -0.25) is 67.1 Å². The zero-order chi connectivity index (χ0) is 102. The van der Waals surface area contributed by atoms with E-state index in [1.54, 1.807) is 16.8 Å². The number of nitrogens with zero attached hydrogens (tertiary/aromatic N) is 2. The number of piperidine rings is 2. The highest BCUT2D eigenvalue weighted by molar-refractivity contribution is 5.89. The Kier molecular flexibility index (Phi) is 79.9. The second-order valence-corrected chi connectivity index (χ2v) is 36.3. The predicted molar refractivity (Wildman–Crippen MR) is 522 cm³/mol. The van der Waals surface area contributed by atoms with Crippen molar-refractivity contribution in [3.63, 3.8) is 0 Å². The van der Waals surface area contributed by atoms with E-state index in [1.165, 1.54) is 122 Å². The first-order chi connectivity index (χ1) is 67.8. The third-order valence-corrected chi connectivity index (χ3v) is 24.5. The summed E-state index contributed by atoms with van der Waals surface area (Å²) >= 11 is 0. The summed E-state index contributed by atoms with van der Waals surface area (Å²) in [5.74, 6) is -9.47. The summed E-state index contributed by atoms with van der Waals surface area (Å²) in [6, 6.07) is -4.20. The summed E-state index contributed by atoms with van der Waals surface area (Å²) in [7, 11) is 1.55. The van der Waals surface area contributed by atoms with Crippen LogP contribution in [-0.4, -0.2) is 333 Å². The summed E-state index contributed by atoms with van der Waals surface area (Å²) in [6.45, 7) is 2.97. The topological polar surface area (TPSA) is 575 Å². The van der Waals surface area contributed by atoms with Crippen molar-refractivity contribution in [3.05, 3.63) is 0 Å². The first-order valence-electron chi connectivity index (χ1n) is 52.3. The van der Waals surface area contributed by atoms with Gasteiger partial charge in [0.2, 0.25) is 65.0 Å². The third kappa shape index (κ3) is 74.1. The Morgan fingerprint density at radius 3 is 0.800 bits per heavy atom. The van der Waals surface area contributed by atoms with Crippen LogP contribution in [0, 0.1) is 11.8 Å². The molecule has 0 radical (unpaired) electrons. The number of likely N-dealkylation sites (N-methyl/N-ethyl adjacent to an activating group) is 1. The highest BCUT2D eigenvalue weighted by atomic mass is 16.5. The Morgan fingerprint density at radius 2 is 0.507 bits per heavy atom. The molecule has 4 atom stereocenters. The molecule has 11 amide bonds. The third-order valence-electron chi connectivity index (χ3n) is 24.5. The van der Waals surface area contributed by atoms with Gasteiger partial charge in [0.25, 0.3) is 0 Å². The Balaban J connectivity index is 1.47. The molecule has 15 N–H and O–H groups in total. The van der Waals surface area contributed by atoms with Crippen molar-refractivity contribution in [2.24, 2.45) is 11.8 Å². The van der Waals surface area contributed by atoms with Crippen molar-refractivity contribution in [2.45, 2.75) is 345 Å². The molecule has 2 fully saturated rings. The number of aliphatic carboxylic acids is 5. The van der Waals surface area contributed by atoms with Gasteiger partial charge in [-0.25, -0.2) is 9.59 Å². The van der Waals surface area contributed by atoms with Gasteiger partial charge in [0.1, 0.15) is 50.6 Å². The van der Waals surface area contributed by atoms with E-state index in [1.807, 2.05) is 0 Å². The lowest BCUT2D eigenvalue weighted by atomic mass is 9.95. The maximum absolute atomic E-state index is 13.3. The lowest BCUT2D eigenvalue weighted by molar-refractivity contribution is -0.144. The Hall–Kier alpha value is -8.84. The first-order valence-corrected chi connectivity index (χ1v) is 52.3. The van der Waals surface area contributed by atoms with E-state index in [2.05, 4.69) is 53.2 Å². The van der Waals surface area contributed by atoms with Crippen LogP contribution in [0.2, 0.25) is 0 Å². The molecule has 41 nitrogen and oxygen atoms in total. The van der Waals surface area contributed by atoms with Crippen LogP contribution in [0.25, 0.3) is 0 Å². The van der Waals surface area contributed by atoms with Gasteiger partial charge in [-0.05, 0) is 110 Å². The summed E-state index contributed by atoms with van der Waals surface area (Å²) in [6.07, 6.45) is 41.5. The number of unbranched alkanes of at least 4 members (excludes halogenated alkanes) is 32. The van der Waals surface area contributed by atoms with Crippen LogP contribution in [0.1, 0.15) is 321 Å². The van der Waals surface area contributed by atoms with Gasteiger partial charge < -0.3 is 126 Å². The standard InChI is InChI=1S/C99H176N12O29/c1-100-81(97(127)128)39-35-37-53-106-96(126)80(107-89(117)77-140-73-69-136-65-57-105-88(116)76-139-72-67-134-63-55-103-85(113)47-45-83(99(131)132)109-95(125)79-50-60-111(61-51-79)91(119)41-31-27-23-19-15-11-7-3-5-9-13-17-21-25-29-33-43-93(122)123)38-34-36-52-101-86(114)74-137-70-68-135-64-56-104-87(115)75-138-71-66-133-62-54-102-84(112)46-44-82(98(129)130)108-94(124)78-48-58-110(59-49-78)90(118)40-30-26-22-18-14-10-6-2-4-8-12-16-20-24-28-32-42-92(120)121/h78-83,100H,2-77H2,1H3,(H,101,114)(H,102,112)(H,103,113)(H,104,115)(H,105,116)(H,106,126)(H,107,117)(H,108,124)(H,109,125)(H,120,121)(H,122,123)(H,127,128)(H,129,130)(H,131,132)/t80-,81-,82-,83-/m0/s1. The van der Waals surface area contributed by atoms with Gasteiger partial charge in [-0.2, -0.15) is 0 Å². The number of hydrogen-bond donors (Lipinski definition) is 15. The molecule has 2 aliphatic heterocycles. The van der Waals surface area contributed by atoms with Crippen LogP contribution in [-0.2, 0) is 115 Å². The second-order valence-electron chi connectivity index (χ2n) is 36.3. The van der Waals surface area contributed by atoms with Gasteiger partial charge in [0.05, 0.1) is 79.3 Å². The van der Waals surface area contributed by atoms with E-state index in [-0.39, 0.29) is 214 Å². The van der Waals surface area contributed by atoms with Crippen molar-refractivity contribution in [3.8, 4) is 0 Å².